The highest BCUT2D eigenvalue weighted by atomic mass is 32.2. The van der Waals surface area contributed by atoms with Crippen LogP contribution < -0.4 is 4.31 Å². The van der Waals surface area contributed by atoms with E-state index in [0.717, 1.165) is 11.3 Å². The fourth-order valence-corrected chi connectivity index (χ4v) is 4.15. The van der Waals surface area contributed by atoms with E-state index in [4.69, 9.17) is 0 Å². The topological polar surface area (TPSA) is 50.3 Å². The van der Waals surface area contributed by atoms with Crippen LogP contribution in [-0.4, -0.2) is 20.4 Å². The van der Waals surface area contributed by atoms with Gasteiger partial charge in [0.05, 0.1) is 11.9 Å². The highest BCUT2D eigenvalue weighted by Crippen LogP contribution is 2.27. The van der Waals surface area contributed by atoms with Crippen molar-refractivity contribution in [1.82, 2.24) is 4.98 Å². The van der Waals surface area contributed by atoms with Gasteiger partial charge in [-0.3, -0.25) is 9.29 Å². The zero-order valence-corrected chi connectivity index (χ0v) is 11.8. The molecule has 96 valence electrons. The van der Waals surface area contributed by atoms with Gasteiger partial charge in [0.25, 0.3) is 10.0 Å². The lowest BCUT2D eigenvalue weighted by molar-refractivity contribution is 0.596. The number of sulfonamides is 1. The van der Waals surface area contributed by atoms with Gasteiger partial charge in [-0.15, -0.1) is 11.3 Å². The first-order chi connectivity index (χ1) is 8.55. The maximum absolute atomic E-state index is 12.4. The third-order valence-electron chi connectivity index (χ3n) is 2.61. The van der Waals surface area contributed by atoms with E-state index in [-0.39, 0.29) is 0 Å². The second-order valence-electron chi connectivity index (χ2n) is 3.76. The molecule has 0 aliphatic carbocycles. The molecule has 18 heavy (non-hydrogen) atoms. The van der Waals surface area contributed by atoms with Crippen LogP contribution in [0, 0.1) is 0 Å². The van der Waals surface area contributed by atoms with Gasteiger partial charge in [-0.25, -0.2) is 8.42 Å². The molecule has 0 aromatic carbocycles. The van der Waals surface area contributed by atoms with Gasteiger partial charge >= 0.3 is 0 Å². The highest BCUT2D eigenvalue weighted by molar-refractivity contribution is 7.94. The molecule has 0 saturated carbocycles. The van der Waals surface area contributed by atoms with E-state index in [1.54, 1.807) is 24.4 Å². The van der Waals surface area contributed by atoms with Crippen LogP contribution in [0.5, 0.6) is 0 Å². The second-order valence-corrected chi connectivity index (χ2v) is 7.12. The first-order valence-corrected chi connectivity index (χ1v) is 7.79. The molecule has 0 bridgehead atoms. The molecule has 6 heteroatoms. The molecule has 0 aliphatic rings. The standard InChI is InChI=1S/C12H14N2O2S2/c1-3-11-6-7-12(17-11)18(15,16)14(2)10-5-4-8-13-9-10/h4-9H,3H2,1-2H3. The summed E-state index contributed by atoms with van der Waals surface area (Å²) in [6.45, 7) is 2.01. The van der Waals surface area contributed by atoms with Crippen LogP contribution in [0.2, 0.25) is 0 Å². The summed E-state index contributed by atoms with van der Waals surface area (Å²) < 4.78 is 26.4. The van der Waals surface area contributed by atoms with E-state index >= 15 is 0 Å². The summed E-state index contributed by atoms with van der Waals surface area (Å²) in [5.74, 6) is 0. The first-order valence-electron chi connectivity index (χ1n) is 5.53. The molecule has 2 aromatic heterocycles. The number of thiophene rings is 1. The van der Waals surface area contributed by atoms with Crippen molar-refractivity contribution in [3.05, 3.63) is 41.5 Å². The fourth-order valence-electron chi connectivity index (χ4n) is 1.50. The van der Waals surface area contributed by atoms with Gasteiger partial charge in [-0.1, -0.05) is 6.92 Å². The minimum Gasteiger partial charge on any atom is -0.267 e. The molecular formula is C12H14N2O2S2. The predicted molar refractivity (Wildman–Crippen MR) is 73.5 cm³/mol. The SMILES string of the molecule is CCc1ccc(S(=O)(=O)N(C)c2cccnc2)s1. The lowest BCUT2D eigenvalue weighted by Crippen LogP contribution is -2.25. The Bertz CT molecular complexity index is 621. The van der Waals surface area contributed by atoms with E-state index in [0.29, 0.717) is 9.90 Å². The van der Waals surface area contributed by atoms with E-state index in [1.165, 1.54) is 28.9 Å². The van der Waals surface area contributed by atoms with E-state index in [9.17, 15) is 8.42 Å². The summed E-state index contributed by atoms with van der Waals surface area (Å²) in [5.41, 5.74) is 0.559. The molecule has 0 saturated heterocycles. The number of pyridine rings is 1. The van der Waals surface area contributed by atoms with Crippen LogP contribution in [0.1, 0.15) is 11.8 Å². The van der Waals surface area contributed by atoms with Crippen molar-refractivity contribution in [1.29, 1.82) is 0 Å². The summed E-state index contributed by atoms with van der Waals surface area (Å²) in [4.78, 5) is 4.99. The minimum atomic E-state index is -3.47. The molecule has 4 nitrogen and oxygen atoms in total. The number of rotatable bonds is 4. The second kappa shape index (κ2) is 5.07. The number of nitrogens with zero attached hydrogens (tertiary/aromatic N) is 2. The van der Waals surface area contributed by atoms with Gasteiger partial charge in [0.1, 0.15) is 4.21 Å². The molecule has 0 spiro atoms. The van der Waals surface area contributed by atoms with Gasteiger partial charge in [0.15, 0.2) is 0 Å². The normalized spacial score (nSPS) is 11.4. The van der Waals surface area contributed by atoms with Crippen LogP contribution in [0.15, 0.2) is 40.9 Å². The maximum atomic E-state index is 12.4. The number of aromatic nitrogens is 1. The average Bonchev–Trinajstić information content (AvgIpc) is 2.88. The molecule has 0 amide bonds. The third-order valence-corrected chi connectivity index (χ3v) is 6.09. The Morgan fingerprint density at radius 1 is 1.33 bits per heavy atom. The number of anilines is 1. The molecule has 0 unspecified atom stereocenters. The predicted octanol–water partition coefficient (Wildman–Crippen LogP) is 2.53. The molecule has 2 rings (SSSR count). The molecule has 2 aromatic rings. The van der Waals surface area contributed by atoms with Crippen molar-refractivity contribution in [3.63, 3.8) is 0 Å². The van der Waals surface area contributed by atoms with Gasteiger partial charge in [-0.05, 0) is 30.7 Å². The van der Waals surface area contributed by atoms with Crippen molar-refractivity contribution in [3.8, 4) is 0 Å². The Hall–Kier alpha value is -1.40. The number of hydrogen-bond acceptors (Lipinski definition) is 4. The van der Waals surface area contributed by atoms with E-state index < -0.39 is 10.0 Å². The van der Waals surface area contributed by atoms with Crippen LogP contribution in [0.3, 0.4) is 0 Å². The molecule has 0 atom stereocenters. The largest absolute Gasteiger partial charge is 0.273 e. The van der Waals surface area contributed by atoms with Crippen molar-refractivity contribution in [2.45, 2.75) is 17.6 Å². The summed E-state index contributed by atoms with van der Waals surface area (Å²) in [5, 5.41) is 0. The van der Waals surface area contributed by atoms with E-state index in [2.05, 4.69) is 4.98 Å². The van der Waals surface area contributed by atoms with Crippen LogP contribution in [-0.2, 0) is 16.4 Å². The smallest absolute Gasteiger partial charge is 0.267 e. The molecular weight excluding hydrogens is 268 g/mol. The lowest BCUT2D eigenvalue weighted by Gasteiger charge is -2.17. The molecule has 0 fully saturated rings. The Kier molecular flexibility index (Phi) is 3.68. The van der Waals surface area contributed by atoms with E-state index in [1.807, 2.05) is 13.0 Å². The van der Waals surface area contributed by atoms with Crippen molar-refractivity contribution >= 4 is 27.0 Å². The Morgan fingerprint density at radius 2 is 2.11 bits per heavy atom. The third kappa shape index (κ3) is 2.39. The van der Waals surface area contributed by atoms with Gasteiger partial charge in [-0.2, -0.15) is 0 Å². The van der Waals surface area contributed by atoms with Crippen molar-refractivity contribution < 1.29 is 8.42 Å². The quantitative estimate of drug-likeness (QED) is 0.866. The van der Waals surface area contributed by atoms with Gasteiger partial charge in [0, 0.05) is 18.1 Å². The summed E-state index contributed by atoms with van der Waals surface area (Å²) >= 11 is 1.31. The number of aryl methyl sites for hydroxylation is 1. The van der Waals surface area contributed by atoms with Crippen LogP contribution >= 0.6 is 11.3 Å². The first kappa shape index (κ1) is 13.0. The molecule has 2 heterocycles. The number of hydrogen-bond donors (Lipinski definition) is 0. The van der Waals surface area contributed by atoms with Crippen LogP contribution in [0.4, 0.5) is 5.69 Å². The van der Waals surface area contributed by atoms with Crippen LogP contribution in [0.25, 0.3) is 0 Å². The summed E-state index contributed by atoms with van der Waals surface area (Å²) in [7, 11) is -1.93. The van der Waals surface area contributed by atoms with Gasteiger partial charge in [0.2, 0.25) is 0 Å². The average molecular weight is 282 g/mol. The summed E-state index contributed by atoms with van der Waals surface area (Å²) in [6, 6.07) is 6.95. The Labute approximate surface area is 111 Å². The zero-order chi connectivity index (χ0) is 13.2. The molecule has 0 aliphatic heterocycles. The zero-order valence-electron chi connectivity index (χ0n) is 10.2. The Balaban J connectivity index is 2.37. The van der Waals surface area contributed by atoms with Gasteiger partial charge < -0.3 is 0 Å². The summed E-state index contributed by atoms with van der Waals surface area (Å²) in [6.07, 6.45) is 3.99. The Morgan fingerprint density at radius 3 is 2.67 bits per heavy atom. The highest BCUT2D eigenvalue weighted by Gasteiger charge is 2.23. The maximum Gasteiger partial charge on any atom is 0.273 e. The molecule has 0 radical (unpaired) electrons. The van der Waals surface area contributed by atoms with Crippen molar-refractivity contribution in [2.75, 3.05) is 11.4 Å². The lowest BCUT2D eigenvalue weighted by atomic mass is 10.4. The minimum absolute atomic E-state index is 0.366. The van der Waals surface area contributed by atoms with Crippen molar-refractivity contribution in [2.24, 2.45) is 0 Å². The molecule has 0 N–H and O–H groups in total. The monoisotopic (exact) mass is 282 g/mol. The fraction of sp³-hybridized carbons (Fsp3) is 0.250.